The van der Waals surface area contributed by atoms with Crippen LogP contribution >= 0.6 is 0 Å². The second-order valence-corrected chi connectivity index (χ2v) is 6.54. The van der Waals surface area contributed by atoms with Gasteiger partial charge in [0.2, 0.25) is 0 Å². The van der Waals surface area contributed by atoms with E-state index in [2.05, 4.69) is 0 Å². The quantitative estimate of drug-likeness (QED) is 0.675. The lowest BCUT2D eigenvalue weighted by molar-refractivity contribution is -0.121. The molecule has 4 heteroatoms. The molecular formula is C14H23NO3. The summed E-state index contributed by atoms with van der Waals surface area (Å²) < 4.78 is 5.45. The van der Waals surface area contributed by atoms with Crippen molar-refractivity contribution in [3.05, 3.63) is 0 Å². The van der Waals surface area contributed by atoms with Gasteiger partial charge >= 0.3 is 6.09 Å². The molecule has 0 aromatic heterocycles. The molecule has 0 N–H and O–H groups in total. The van der Waals surface area contributed by atoms with Crippen LogP contribution in [0.5, 0.6) is 0 Å². The molecule has 102 valence electrons. The van der Waals surface area contributed by atoms with E-state index in [1.807, 2.05) is 20.8 Å². The van der Waals surface area contributed by atoms with Crippen molar-refractivity contribution in [3.63, 3.8) is 0 Å². The van der Waals surface area contributed by atoms with Gasteiger partial charge in [-0.1, -0.05) is 6.42 Å². The molecule has 1 aliphatic carbocycles. The molecule has 0 spiro atoms. The molecule has 2 unspecified atom stereocenters. The lowest BCUT2D eigenvalue weighted by Gasteiger charge is -2.43. The first kappa shape index (κ1) is 13.4. The van der Waals surface area contributed by atoms with Gasteiger partial charge in [0.1, 0.15) is 11.9 Å². The van der Waals surface area contributed by atoms with Gasteiger partial charge in [-0.05, 0) is 46.5 Å². The number of nitrogens with zero attached hydrogens (tertiary/aromatic N) is 1. The third-order valence-electron chi connectivity index (χ3n) is 4.06. The number of carbonyl (C=O) groups is 2. The van der Waals surface area contributed by atoms with E-state index in [0.29, 0.717) is 0 Å². The van der Waals surface area contributed by atoms with E-state index in [1.54, 1.807) is 4.90 Å². The smallest absolute Gasteiger partial charge is 0.410 e. The Hall–Kier alpha value is -1.06. The van der Waals surface area contributed by atoms with Crippen molar-refractivity contribution < 1.29 is 14.3 Å². The van der Waals surface area contributed by atoms with Crippen molar-refractivity contribution >= 4 is 12.4 Å². The Kier molecular flexibility index (Phi) is 3.39. The minimum Gasteiger partial charge on any atom is -0.444 e. The van der Waals surface area contributed by atoms with E-state index in [9.17, 15) is 9.59 Å². The summed E-state index contributed by atoms with van der Waals surface area (Å²) in [5.74, 6) is 0. The summed E-state index contributed by atoms with van der Waals surface area (Å²) in [4.78, 5) is 25.4. The third kappa shape index (κ3) is 2.38. The molecule has 18 heavy (non-hydrogen) atoms. The van der Waals surface area contributed by atoms with Crippen molar-refractivity contribution in [1.29, 1.82) is 0 Å². The number of hydrogen-bond donors (Lipinski definition) is 0. The van der Waals surface area contributed by atoms with Crippen LogP contribution in [0.3, 0.4) is 0 Å². The second kappa shape index (κ2) is 4.56. The molecule has 4 nitrogen and oxygen atoms in total. The first-order valence-corrected chi connectivity index (χ1v) is 6.84. The summed E-state index contributed by atoms with van der Waals surface area (Å²) in [6.45, 7) is 6.33. The molecule has 0 aromatic rings. The molecule has 1 aliphatic heterocycles. The normalized spacial score (nSPS) is 31.9. The van der Waals surface area contributed by atoms with Crippen molar-refractivity contribution in [2.24, 2.45) is 5.41 Å². The molecule has 2 atom stereocenters. The predicted molar refractivity (Wildman–Crippen MR) is 68.3 cm³/mol. The zero-order chi connectivity index (χ0) is 13.4. The molecule has 0 bridgehead atoms. The summed E-state index contributed by atoms with van der Waals surface area (Å²) in [7, 11) is 0. The molecule has 0 aromatic carbocycles. The van der Waals surface area contributed by atoms with Crippen LogP contribution in [0, 0.1) is 5.41 Å². The number of likely N-dealkylation sites (tertiary alicyclic amines) is 1. The Morgan fingerprint density at radius 2 is 2.00 bits per heavy atom. The second-order valence-electron chi connectivity index (χ2n) is 6.54. The number of rotatable bonds is 1. The molecule has 1 amide bonds. The molecule has 0 radical (unpaired) electrons. The summed E-state index contributed by atoms with van der Waals surface area (Å²) in [6, 6.07) is 0.0543. The average molecular weight is 253 g/mol. The van der Waals surface area contributed by atoms with Gasteiger partial charge in [0, 0.05) is 18.0 Å². The van der Waals surface area contributed by atoms with E-state index in [1.165, 1.54) is 0 Å². The monoisotopic (exact) mass is 253 g/mol. The maximum Gasteiger partial charge on any atom is 0.410 e. The summed E-state index contributed by atoms with van der Waals surface area (Å²) in [5.41, 5.74) is -0.772. The number of piperidine rings is 1. The van der Waals surface area contributed by atoms with Crippen molar-refractivity contribution in [2.75, 3.05) is 6.54 Å². The van der Waals surface area contributed by atoms with Crippen molar-refractivity contribution in [2.45, 2.75) is 64.5 Å². The summed E-state index contributed by atoms with van der Waals surface area (Å²) in [5, 5.41) is 0. The Balaban J connectivity index is 2.13. The minimum absolute atomic E-state index is 0.0543. The summed E-state index contributed by atoms with van der Waals surface area (Å²) in [6.07, 6.45) is 5.51. The fraction of sp³-hybridized carbons (Fsp3) is 0.857. The Morgan fingerprint density at radius 1 is 1.33 bits per heavy atom. The van der Waals surface area contributed by atoms with E-state index in [0.717, 1.165) is 44.9 Å². The number of aldehydes is 1. The molecular weight excluding hydrogens is 230 g/mol. The Morgan fingerprint density at radius 3 is 2.61 bits per heavy atom. The van der Waals surface area contributed by atoms with E-state index in [4.69, 9.17) is 4.74 Å². The molecule has 2 rings (SSSR count). The van der Waals surface area contributed by atoms with Crippen LogP contribution in [0.15, 0.2) is 0 Å². The van der Waals surface area contributed by atoms with Gasteiger partial charge in [0.25, 0.3) is 0 Å². The number of hydrogen-bond acceptors (Lipinski definition) is 3. The van der Waals surface area contributed by atoms with Crippen LogP contribution in [0.4, 0.5) is 4.79 Å². The number of carbonyl (C=O) groups excluding carboxylic acids is 2. The highest BCUT2D eigenvalue weighted by Gasteiger charge is 2.50. The van der Waals surface area contributed by atoms with Gasteiger partial charge in [-0.3, -0.25) is 0 Å². The van der Waals surface area contributed by atoms with Crippen LogP contribution in [-0.4, -0.2) is 35.5 Å². The lowest BCUT2D eigenvalue weighted by atomic mass is 9.76. The first-order chi connectivity index (χ1) is 8.38. The first-order valence-electron chi connectivity index (χ1n) is 6.84. The van der Waals surface area contributed by atoms with E-state index >= 15 is 0 Å². The molecule has 2 aliphatic rings. The van der Waals surface area contributed by atoms with Crippen LogP contribution in [0.2, 0.25) is 0 Å². The highest BCUT2D eigenvalue weighted by molar-refractivity contribution is 5.71. The largest absolute Gasteiger partial charge is 0.444 e. The molecule has 2 fully saturated rings. The Bertz CT molecular complexity index is 347. The van der Waals surface area contributed by atoms with Crippen LogP contribution in [-0.2, 0) is 9.53 Å². The predicted octanol–water partition coefficient (Wildman–Crippen LogP) is 2.76. The van der Waals surface area contributed by atoms with E-state index < -0.39 is 5.60 Å². The van der Waals surface area contributed by atoms with Gasteiger partial charge in [0.15, 0.2) is 0 Å². The summed E-state index contributed by atoms with van der Waals surface area (Å²) >= 11 is 0. The minimum atomic E-state index is -0.475. The third-order valence-corrected chi connectivity index (χ3v) is 4.06. The van der Waals surface area contributed by atoms with Crippen molar-refractivity contribution in [3.8, 4) is 0 Å². The number of fused-ring (bicyclic) bond motifs is 1. The van der Waals surface area contributed by atoms with Gasteiger partial charge < -0.3 is 14.4 Å². The highest BCUT2D eigenvalue weighted by Crippen LogP contribution is 2.46. The highest BCUT2D eigenvalue weighted by atomic mass is 16.6. The van der Waals surface area contributed by atoms with Crippen LogP contribution in [0.1, 0.15) is 52.9 Å². The Labute approximate surface area is 109 Å². The zero-order valence-corrected chi connectivity index (χ0v) is 11.6. The van der Waals surface area contributed by atoms with Crippen molar-refractivity contribution in [1.82, 2.24) is 4.90 Å². The fourth-order valence-corrected chi connectivity index (χ4v) is 3.31. The maximum atomic E-state index is 12.2. The molecule has 1 saturated heterocycles. The maximum absolute atomic E-state index is 12.2. The van der Waals surface area contributed by atoms with E-state index in [-0.39, 0.29) is 17.6 Å². The SMILES string of the molecule is CC(C)(C)OC(=O)N1CCCC2(C=O)CCCC12. The van der Waals surface area contributed by atoms with Gasteiger partial charge in [0.05, 0.1) is 0 Å². The topological polar surface area (TPSA) is 46.6 Å². The molecule has 1 saturated carbocycles. The van der Waals surface area contributed by atoms with Gasteiger partial charge in [-0.25, -0.2) is 4.79 Å². The van der Waals surface area contributed by atoms with Gasteiger partial charge in [-0.15, -0.1) is 0 Å². The van der Waals surface area contributed by atoms with Crippen LogP contribution in [0.25, 0.3) is 0 Å². The average Bonchev–Trinajstić information content (AvgIpc) is 2.70. The van der Waals surface area contributed by atoms with Gasteiger partial charge in [-0.2, -0.15) is 0 Å². The van der Waals surface area contributed by atoms with Crippen LogP contribution < -0.4 is 0 Å². The fourth-order valence-electron chi connectivity index (χ4n) is 3.31. The molecule has 1 heterocycles. The lowest BCUT2D eigenvalue weighted by Crippen LogP contribution is -2.53. The zero-order valence-electron chi connectivity index (χ0n) is 11.6. The number of ether oxygens (including phenoxy) is 1. The standard InChI is InChI=1S/C14H23NO3/c1-13(2,3)18-12(17)15-9-5-8-14(10-16)7-4-6-11(14)15/h10-11H,4-9H2,1-3H3. The number of amides is 1.